The summed E-state index contributed by atoms with van der Waals surface area (Å²) in [5.41, 5.74) is 0.166. The molecule has 1 fully saturated rings. The number of hydrogen-bond donors (Lipinski definition) is 3. The molecule has 5 heteroatoms. The van der Waals surface area contributed by atoms with Crippen LogP contribution in [0.1, 0.15) is 37.6 Å². The van der Waals surface area contributed by atoms with E-state index in [1.807, 2.05) is 6.92 Å². The van der Waals surface area contributed by atoms with Gasteiger partial charge >= 0.3 is 0 Å². The molecule has 2 rings (SSSR count). The first-order chi connectivity index (χ1) is 7.70. The van der Waals surface area contributed by atoms with Crippen LogP contribution in [-0.2, 0) is 13.0 Å². The molecule has 0 aliphatic heterocycles. The SMILES string of the molecule is CCCc1c(O)nc(CNC2CC2)[nH]c1=O. The molecule has 1 saturated carbocycles. The Labute approximate surface area is 93.9 Å². The number of H-pyrrole nitrogens is 1. The van der Waals surface area contributed by atoms with E-state index in [1.165, 1.54) is 12.8 Å². The Hall–Kier alpha value is -1.36. The fourth-order valence-electron chi connectivity index (χ4n) is 1.62. The van der Waals surface area contributed by atoms with Crippen LogP contribution in [-0.4, -0.2) is 21.1 Å². The summed E-state index contributed by atoms with van der Waals surface area (Å²) >= 11 is 0. The first kappa shape index (κ1) is 11.1. The second kappa shape index (κ2) is 4.65. The molecule has 16 heavy (non-hydrogen) atoms. The van der Waals surface area contributed by atoms with Gasteiger partial charge in [-0.1, -0.05) is 13.3 Å². The number of rotatable bonds is 5. The lowest BCUT2D eigenvalue weighted by molar-refractivity contribution is 0.437. The smallest absolute Gasteiger partial charge is 0.257 e. The molecule has 0 amide bonds. The molecule has 1 heterocycles. The highest BCUT2D eigenvalue weighted by atomic mass is 16.3. The maximum absolute atomic E-state index is 11.6. The van der Waals surface area contributed by atoms with Gasteiger partial charge in [-0.2, -0.15) is 4.98 Å². The van der Waals surface area contributed by atoms with Gasteiger partial charge in [0.2, 0.25) is 5.88 Å². The Morgan fingerprint density at radius 1 is 1.56 bits per heavy atom. The molecule has 0 aromatic carbocycles. The van der Waals surface area contributed by atoms with Crippen molar-refractivity contribution in [3.8, 4) is 5.88 Å². The Balaban J connectivity index is 2.11. The molecular formula is C11H17N3O2. The van der Waals surface area contributed by atoms with Crippen LogP contribution in [0.2, 0.25) is 0 Å². The zero-order chi connectivity index (χ0) is 11.5. The Morgan fingerprint density at radius 3 is 2.88 bits per heavy atom. The summed E-state index contributed by atoms with van der Waals surface area (Å²) in [7, 11) is 0. The summed E-state index contributed by atoms with van der Waals surface area (Å²) in [5, 5.41) is 12.9. The van der Waals surface area contributed by atoms with Crippen LogP contribution in [0.3, 0.4) is 0 Å². The molecule has 1 aromatic heterocycles. The lowest BCUT2D eigenvalue weighted by atomic mass is 10.2. The lowest BCUT2D eigenvalue weighted by Gasteiger charge is -2.05. The van der Waals surface area contributed by atoms with Gasteiger partial charge in [0, 0.05) is 6.04 Å². The van der Waals surface area contributed by atoms with E-state index in [2.05, 4.69) is 15.3 Å². The number of nitrogens with one attached hydrogen (secondary N) is 2. The van der Waals surface area contributed by atoms with Gasteiger partial charge in [-0.15, -0.1) is 0 Å². The molecule has 3 N–H and O–H groups in total. The molecule has 0 atom stereocenters. The zero-order valence-electron chi connectivity index (χ0n) is 9.42. The maximum atomic E-state index is 11.6. The third kappa shape index (κ3) is 2.61. The van der Waals surface area contributed by atoms with E-state index >= 15 is 0 Å². The first-order valence-electron chi connectivity index (χ1n) is 5.75. The van der Waals surface area contributed by atoms with Crippen molar-refractivity contribution in [2.75, 3.05) is 0 Å². The Bertz CT molecular complexity index is 424. The van der Waals surface area contributed by atoms with Gasteiger partial charge in [-0.05, 0) is 19.3 Å². The summed E-state index contributed by atoms with van der Waals surface area (Å²) in [5.74, 6) is 0.382. The van der Waals surface area contributed by atoms with Gasteiger partial charge in [0.15, 0.2) is 0 Å². The monoisotopic (exact) mass is 223 g/mol. The van der Waals surface area contributed by atoms with E-state index in [0.29, 0.717) is 30.4 Å². The number of aromatic hydroxyl groups is 1. The molecule has 5 nitrogen and oxygen atoms in total. The number of hydrogen-bond acceptors (Lipinski definition) is 4. The van der Waals surface area contributed by atoms with Crippen molar-refractivity contribution in [3.05, 3.63) is 21.7 Å². The third-order valence-corrected chi connectivity index (χ3v) is 2.68. The molecule has 1 aromatic rings. The Kier molecular flexibility index (Phi) is 3.24. The molecule has 88 valence electrons. The summed E-state index contributed by atoms with van der Waals surface area (Å²) in [6, 6.07) is 0.558. The van der Waals surface area contributed by atoms with Crippen molar-refractivity contribution in [2.24, 2.45) is 0 Å². The van der Waals surface area contributed by atoms with Crippen LogP contribution >= 0.6 is 0 Å². The second-order valence-corrected chi connectivity index (χ2v) is 4.22. The second-order valence-electron chi connectivity index (χ2n) is 4.22. The molecule has 1 aliphatic carbocycles. The fourth-order valence-corrected chi connectivity index (χ4v) is 1.62. The molecule has 0 unspecified atom stereocenters. The Morgan fingerprint density at radius 2 is 2.31 bits per heavy atom. The average Bonchev–Trinajstić information content (AvgIpc) is 3.04. The minimum atomic E-state index is -0.220. The van der Waals surface area contributed by atoms with Crippen LogP contribution in [0.25, 0.3) is 0 Å². The molecule has 1 aliphatic rings. The van der Waals surface area contributed by atoms with Gasteiger partial charge in [0.05, 0.1) is 12.1 Å². The van der Waals surface area contributed by atoms with Crippen LogP contribution in [0.4, 0.5) is 0 Å². The summed E-state index contributed by atoms with van der Waals surface area (Å²) in [6.07, 6.45) is 3.75. The van der Waals surface area contributed by atoms with Crippen molar-refractivity contribution in [1.82, 2.24) is 15.3 Å². The van der Waals surface area contributed by atoms with Crippen LogP contribution in [0.5, 0.6) is 5.88 Å². The van der Waals surface area contributed by atoms with E-state index in [4.69, 9.17) is 0 Å². The van der Waals surface area contributed by atoms with Gasteiger partial charge in [0.25, 0.3) is 5.56 Å². The van der Waals surface area contributed by atoms with E-state index in [-0.39, 0.29) is 11.4 Å². The molecule has 0 radical (unpaired) electrons. The summed E-state index contributed by atoms with van der Waals surface area (Å²) in [6.45, 7) is 2.47. The van der Waals surface area contributed by atoms with Crippen LogP contribution < -0.4 is 10.9 Å². The predicted molar refractivity (Wildman–Crippen MR) is 60.4 cm³/mol. The topological polar surface area (TPSA) is 78.0 Å². The molecule has 0 spiro atoms. The fraction of sp³-hybridized carbons (Fsp3) is 0.636. The highest BCUT2D eigenvalue weighted by Crippen LogP contribution is 2.19. The van der Waals surface area contributed by atoms with E-state index in [9.17, 15) is 9.90 Å². The van der Waals surface area contributed by atoms with E-state index < -0.39 is 0 Å². The van der Waals surface area contributed by atoms with Crippen LogP contribution in [0, 0.1) is 0 Å². The van der Waals surface area contributed by atoms with Crippen molar-refractivity contribution in [1.29, 1.82) is 0 Å². The predicted octanol–water partition coefficient (Wildman–Crippen LogP) is 0.680. The van der Waals surface area contributed by atoms with Gasteiger partial charge in [-0.25, -0.2) is 0 Å². The van der Waals surface area contributed by atoms with E-state index in [0.717, 1.165) is 6.42 Å². The van der Waals surface area contributed by atoms with E-state index in [1.54, 1.807) is 0 Å². The summed E-state index contributed by atoms with van der Waals surface area (Å²) < 4.78 is 0. The quantitative estimate of drug-likeness (QED) is 0.686. The van der Waals surface area contributed by atoms with Crippen LogP contribution in [0.15, 0.2) is 4.79 Å². The largest absolute Gasteiger partial charge is 0.493 e. The number of aromatic nitrogens is 2. The highest BCUT2D eigenvalue weighted by molar-refractivity contribution is 5.22. The number of aromatic amines is 1. The van der Waals surface area contributed by atoms with Crippen molar-refractivity contribution < 1.29 is 5.11 Å². The normalized spacial score (nSPS) is 15.3. The summed E-state index contributed by atoms with van der Waals surface area (Å²) in [4.78, 5) is 18.3. The maximum Gasteiger partial charge on any atom is 0.257 e. The zero-order valence-corrected chi connectivity index (χ0v) is 9.42. The van der Waals surface area contributed by atoms with Crippen molar-refractivity contribution in [3.63, 3.8) is 0 Å². The third-order valence-electron chi connectivity index (χ3n) is 2.68. The van der Waals surface area contributed by atoms with Gasteiger partial charge in [0.1, 0.15) is 5.82 Å². The first-order valence-corrected chi connectivity index (χ1v) is 5.75. The standard InChI is InChI=1S/C11H17N3O2/c1-2-3-8-10(15)13-9(14-11(8)16)6-12-7-4-5-7/h7,12H,2-6H2,1H3,(H2,13,14,15,16). The van der Waals surface area contributed by atoms with Gasteiger partial charge in [-0.3, -0.25) is 4.79 Å². The highest BCUT2D eigenvalue weighted by Gasteiger charge is 2.20. The molecule has 0 bridgehead atoms. The van der Waals surface area contributed by atoms with Crippen molar-refractivity contribution >= 4 is 0 Å². The number of nitrogens with zero attached hydrogens (tertiary/aromatic N) is 1. The lowest BCUT2D eigenvalue weighted by Crippen LogP contribution is -2.22. The minimum absolute atomic E-state index is 0.127. The van der Waals surface area contributed by atoms with Gasteiger partial charge < -0.3 is 15.4 Å². The molecule has 0 saturated heterocycles. The average molecular weight is 223 g/mol. The molecular weight excluding hydrogens is 206 g/mol. The minimum Gasteiger partial charge on any atom is -0.493 e. The van der Waals surface area contributed by atoms with Crippen molar-refractivity contribution in [2.45, 2.75) is 45.2 Å².